The third-order valence-electron chi connectivity index (χ3n) is 2.55. The SMILES string of the molecule is CCCC(C)OC(=O)c1cc(S(N)(=O)=O)c(Br)cc1Cl. The van der Waals surface area contributed by atoms with E-state index in [-0.39, 0.29) is 26.1 Å². The average Bonchev–Trinajstić information content (AvgIpc) is 2.26. The number of sulfonamides is 1. The molecule has 1 aromatic rings. The number of rotatable bonds is 5. The van der Waals surface area contributed by atoms with Crippen LogP contribution in [0.2, 0.25) is 5.02 Å². The Morgan fingerprint density at radius 2 is 2.10 bits per heavy atom. The van der Waals surface area contributed by atoms with Crippen LogP contribution in [0.1, 0.15) is 37.0 Å². The van der Waals surface area contributed by atoms with Crippen molar-refractivity contribution in [1.82, 2.24) is 0 Å². The summed E-state index contributed by atoms with van der Waals surface area (Å²) in [6.07, 6.45) is 1.30. The van der Waals surface area contributed by atoms with Crippen molar-refractivity contribution in [2.24, 2.45) is 5.14 Å². The molecular weight excluding hydrogens is 370 g/mol. The minimum atomic E-state index is -3.96. The van der Waals surface area contributed by atoms with E-state index in [1.54, 1.807) is 6.92 Å². The molecule has 0 saturated carbocycles. The van der Waals surface area contributed by atoms with Crippen molar-refractivity contribution in [3.05, 3.63) is 27.2 Å². The fraction of sp³-hybridized carbons (Fsp3) is 0.417. The molecule has 0 saturated heterocycles. The van der Waals surface area contributed by atoms with Crippen molar-refractivity contribution in [3.63, 3.8) is 0 Å². The van der Waals surface area contributed by atoms with Crippen LogP contribution in [0.5, 0.6) is 0 Å². The molecule has 0 fully saturated rings. The van der Waals surface area contributed by atoms with E-state index in [0.717, 1.165) is 12.5 Å². The van der Waals surface area contributed by atoms with Gasteiger partial charge in [0.1, 0.15) is 0 Å². The van der Waals surface area contributed by atoms with Crippen LogP contribution < -0.4 is 5.14 Å². The Kier molecular flexibility index (Phi) is 6.00. The lowest BCUT2D eigenvalue weighted by Gasteiger charge is -2.13. The number of halogens is 2. The van der Waals surface area contributed by atoms with Crippen molar-refractivity contribution in [2.45, 2.75) is 37.7 Å². The van der Waals surface area contributed by atoms with Gasteiger partial charge in [0.2, 0.25) is 10.0 Å². The van der Waals surface area contributed by atoms with Crippen molar-refractivity contribution in [1.29, 1.82) is 0 Å². The van der Waals surface area contributed by atoms with Gasteiger partial charge in [0, 0.05) is 4.47 Å². The number of hydrogen-bond acceptors (Lipinski definition) is 4. The Hall–Kier alpha value is -0.630. The van der Waals surface area contributed by atoms with Crippen LogP contribution in [0.25, 0.3) is 0 Å². The summed E-state index contributed by atoms with van der Waals surface area (Å²) in [6, 6.07) is 2.42. The number of carbonyl (C=O) groups excluding carboxylic acids is 1. The molecule has 112 valence electrons. The first-order valence-electron chi connectivity index (χ1n) is 5.89. The van der Waals surface area contributed by atoms with Gasteiger partial charge in [0.15, 0.2) is 0 Å². The second kappa shape index (κ2) is 6.89. The standard InChI is InChI=1S/C12H15BrClNO4S/c1-3-4-7(2)19-12(16)8-5-11(20(15,17)18)9(13)6-10(8)14/h5-7H,3-4H2,1-2H3,(H2,15,17,18). The third-order valence-corrected chi connectivity index (χ3v) is 4.73. The first-order valence-corrected chi connectivity index (χ1v) is 8.61. The van der Waals surface area contributed by atoms with Gasteiger partial charge in [0.25, 0.3) is 0 Å². The summed E-state index contributed by atoms with van der Waals surface area (Å²) in [5.74, 6) is -0.673. The molecule has 20 heavy (non-hydrogen) atoms. The summed E-state index contributed by atoms with van der Waals surface area (Å²) in [5.41, 5.74) is -0.0261. The first-order chi connectivity index (χ1) is 9.16. The molecule has 1 atom stereocenters. The molecule has 2 N–H and O–H groups in total. The molecular formula is C12H15BrClNO4S. The highest BCUT2D eigenvalue weighted by atomic mass is 79.9. The van der Waals surface area contributed by atoms with E-state index < -0.39 is 16.0 Å². The van der Waals surface area contributed by atoms with Crippen LogP contribution in [0.3, 0.4) is 0 Å². The van der Waals surface area contributed by atoms with Crippen LogP contribution >= 0.6 is 27.5 Å². The van der Waals surface area contributed by atoms with Crippen molar-refractivity contribution >= 4 is 43.5 Å². The Labute approximate surface area is 131 Å². The molecule has 5 nitrogen and oxygen atoms in total. The van der Waals surface area contributed by atoms with Gasteiger partial charge in [-0.25, -0.2) is 18.4 Å². The smallest absolute Gasteiger partial charge is 0.339 e. The number of esters is 1. The predicted molar refractivity (Wildman–Crippen MR) is 80.3 cm³/mol. The maximum Gasteiger partial charge on any atom is 0.339 e. The molecule has 8 heteroatoms. The lowest BCUT2D eigenvalue weighted by atomic mass is 10.2. The molecule has 0 spiro atoms. The number of nitrogens with two attached hydrogens (primary N) is 1. The highest BCUT2D eigenvalue weighted by Gasteiger charge is 2.21. The van der Waals surface area contributed by atoms with Gasteiger partial charge in [-0.3, -0.25) is 0 Å². The largest absolute Gasteiger partial charge is 0.459 e. The van der Waals surface area contributed by atoms with Crippen LogP contribution in [-0.4, -0.2) is 20.5 Å². The minimum Gasteiger partial charge on any atom is -0.459 e. The highest BCUT2D eigenvalue weighted by Crippen LogP contribution is 2.29. The molecule has 0 aliphatic carbocycles. The highest BCUT2D eigenvalue weighted by molar-refractivity contribution is 9.10. The molecule has 0 bridgehead atoms. The molecule has 0 aromatic heterocycles. The molecule has 1 rings (SSSR count). The first kappa shape index (κ1) is 17.4. The van der Waals surface area contributed by atoms with Crippen LogP contribution in [0.15, 0.2) is 21.5 Å². The zero-order valence-corrected chi connectivity index (χ0v) is 14.2. The monoisotopic (exact) mass is 383 g/mol. The molecule has 1 unspecified atom stereocenters. The van der Waals surface area contributed by atoms with E-state index in [4.69, 9.17) is 21.5 Å². The van der Waals surface area contributed by atoms with Gasteiger partial charge in [-0.1, -0.05) is 24.9 Å². The summed E-state index contributed by atoms with van der Waals surface area (Å²) >= 11 is 8.99. The molecule has 1 aromatic carbocycles. The minimum absolute atomic E-state index is 0.0261. The topological polar surface area (TPSA) is 86.5 Å². The van der Waals surface area contributed by atoms with Gasteiger partial charge in [-0.05, 0) is 41.4 Å². The molecule has 0 radical (unpaired) electrons. The Balaban J connectivity index is 3.16. The Morgan fingerprint density at radius 3 is 2.60 bits per heavy atom. The quantitative estimate of drug-likeness (QED) is 0.790. The second-order valence-electron chi connectivity index (χ2n) is 4.31. The number of ether oxygens (including phenoxy) is 1. The number of primary sulfonamides is 1. The van der Waals surface area contributed by atoms with E-state index in [2.05, 4.69) is 15.9 Å². The van der Waals surface area contributed by atoms with E-state index in [9.17, 15) is 13.2 Å². The normalized spacial score (nSPS) is 13.1. The maximum absolute atomic E-state index is 12.0. The summed E-state index contributed by atoms with van der Waals surface area (Å²) < 4.78 is 28.2. The predicted octanol–water partition coefficient (Wildman–Crippen LogP) is 3.10. The number of carbonyl (C=O) groups is 1. The van der Waals surface area contributed by atoms with Crippen molar-refractivity contribution in [2.75, 3.05) is 0 Å². The summed E-state index contributed by atoms with van der Waals surface area (Å²) in [4.78, 5) is 11.8. The summed E-state index contributed by atoms with van der Waals surface area (Å²) in [5, 5.41) is 5.17. The summed E-state index contributed by atoms with van der Waals surface area (Å²) in [7, 11) is -3.96. The maximum atomic E-state index is 12.0. The van der Waals surface area contributed by atoms with Gasteiger partial charge in [0.05, 0.1) is 21.6 Å². The molecule has 0 aliphatic heterocycles. The second-order valence-corrected chi connectivity index (χ2v) is 7.10. The number of benzene rings is 1. The van der Waals surface area contributed by atoms with Gasteiger partial charge in [-0.15, -0.1) is 0 Å². The zero-order valence-electron chi connectivity index (χ0n) is 11.0. The molecule has 0 amide bonds. The van der Waals surface area contributed by atoms with Gasteiger partial charge >= 0.3 is 5.97 Å². The third kappa shape index (κ3) is 4.44. The number of hydrogen-bond donors (Lipinski definition) is 1. The fourth-order valence-electron chi connectivity index (χ4n) is 1.62. The van der Waals surface area contributed by atoms with E-state index in [0.29, 0.717) is 6.42 Å². The molecule has 0 heterocycles. The summed E-state index contributed by atoms with van der Waals surface area (Å²) in [6.45, 7) is 3.73. The van der Waals surface area contributed by atoms with Crippen molar-refractivity contribution < 1.29 is 17.9 Å². The fourth-order valence-corrected chi connectivity index (χ4v) is 3.62. The van der Waals surface area contributed by atoms with E-state index in [1.807, 2.05) is 6.92 Å². The van der Waals surface area contributed by atoms with Gasteiger partial charge < -0.3 is 4.74 Å². The van der Waals surface area contributed by atoms with Crippen LogP contribution in [0, 0.1) is 0 Å². The van der Waals surface area contributed by atoms with E-state index >= 15 is 0 Å². The van der Waals surface area contributed by atoms with E-state index in [1.165, 1.54) is 6.07 Å². The van der Waals surface area contributed by atoms with Crippen LogP contribution in [0.4, 0.5) is 0 Å². The van der Waals surface area contributed by atoms with Crippen LogP contribution in [-0.2, 0) is 14.8 Å². The lowest BCUT2D eigenvalue weighted by Crippen LogP contribution is -2.17. The Bertz CT molecular complexity index is 618. The zero-order chi connectivity index (χ0) is 15.5. The Morgan fingerprint density at radius 1 is 1.50 bits per heavy atom. The average molecular weight is 385 g/mol. The van der Waals surface area contributed by atoms with Gasteiger partial charge in [-0.2, -0.15) is 0 Å². The van der Waals surface area contributed by atoms with Crippen molar-refractivity contribution in [3.8, 4) is 0 Å². The lowest BCUT2D eigenvalue weighted by molar-refractivity contribution is 0.0323. The molecule has 0 aliphatic rings.